The first kappa shape index (κ1) is 17.0. The van der Waals surface area contributed by atoms with Crippen molar-refractivity contribution in [3.63, 3.8) is 0 Å². The Balaban J connectivity index is 1.35. The molecule has 2 N–H and O–H groups in total. The number of hydrogen-bond donors (Lipinski definition) is 2. The lowest BCUT2D eigenvalue weighted by Crippen LogP contribution is -2.27. The van der Waals surface area contributed by atoms with E-state index in [4.69, 9.17) is 0 Å². The van der Waals surface area contributed by atoms with Crippen molar-refractivity contribution < 1.29 is 9.59 Å². The number of aromatic nitrogens is 5. The third-order valence-electron chi connectivity index (χ3n) is 4.48. The third-order valence-corrected chi connectivity index (χ3v) is 4.48. The summed E-state index contributed by atoms with van der Waals surface area (Å²) >= 11 is 0. The third kappa shape index (κ3) is 3.71. The van der Waals surface area contributed by atoms with Gasteiger partial charge in [0.25, 0.3) is 11.8 Å². The topological polar surface area (TPSA) is 109 Å². The Bertz CT molecular complexity index is 925. The fraction of sp³-hybridized carbons (Fsp3) is 0.278. The summed E-state index contributed by atoms with van der Waals surface area (Å²) in [6.45, 7) is 1.89. The summed E-state index contributed by atoms with van der Waals surface area (Å²) in [6.07, 6.45) is 8.31. The monoisotopic (exact) mass is 365 g/mol. The highest BCUT2D eigenvalue weighted by molar-refractivity contribution is 5.99. The van der Waals surface area contributed by atoms with Crippen LogP contribution < -0.4 is 5.32 Å². The van der Waals surface area contributed by atoms with Crippen LogP contribution in [0.3, 0.4) is 0 Å². The Morgan fingerprint density at radius 1 is 1.22 bits per heavy atom. The average molecular weight is 365 g/mol. The van der Waals surface area contributed by atoms with Crippen molar-refractivity contribution >= 4 is 11.8 Å². The molecule has 9 nitrogen and oxygen atoms in total. The number of amides is 2. The van der Waals surface area contributed by atoms with Crippen molar-refractivity contribution in [2.24, 2.45) is 0 Å². The lowest BCUT2D eigenvalue weighted by atomic mass is 10.2. The van der Waals surface area contributed by atoms with Gasteiger partial charge in [-0.25, -0.2) is 14.6 Å². The summed E-state index contributed by atoms with van der Waals surface area (Å²) in [5.74, 6) is 0.352. The van der Waals surface area contributed by atoms with Gasteiger partial charge in [-0.15, -0.1) is 0 Å². The predicted octanol–water partition coefficient (Wildman–Crippen LogP) is 1.16. The molecule has 4 heterocycles. The lowest BCUT2D eigenvalue weighted by molar-refractivity contribution is 0.0787. The van der Waals surface area contributed by atoms with Crippen LogP contribution in [0.5, 0.6) is 0 Å². The highest BCUT2D eigenvalue weighted by Crippen LogP contribution is 2.13. The van der Waals surface area contributed by atoms with E-state index in [0.717, 1.165) is 31.5 Å². The van der Waals surface area contributed by atoms with Gasteiger partial charge in [-0.2, -0.15) is 5.10 Å². The first-order valence-corrected chi connectivity index (χ1v) is 8.76. The van der Waals surface area contributed by atoms with E-state index in [1.165, 1.54) is 6.33 Å². The van der Waals surface area contributed by atoms with Crippen LogP contribution in [-0.4, -0.2) is 54.5 Å². The number of carbonyl (C=O) groups excluding carboxylic acids is 2. The molecular weight excluding hydrogens is 346 g/mol. The average Bonchev–Trinajstić information content (AvgIpc) is 3.47. The molecule has 0 atom stereocenters. The summed E-state index contributed by atoms with van der Waals surface area (Å²) in [5.41, 5.74) is 1.74. The van der Waals surface area contributed by atoms with E-state index < -0.39 is 0 Å². The number of likely N-dealkylation sites (tertiary alicyclic amines) is 1. The van der Waals surface area contributed by atoms with Gasteiger partial charge in [-0.05, 0) is 30.5 Å². The zero-order valence-electron chi connectivity index (χ0n) is 14.6. The van der Waals surface area contributed by atoms with Gasteiger partial charge < -0.3 is 15.2 Å². The maximum absolute atomic E-state index is 12.3. The van der Waals surface area contributed by atoms with Crippen molar-refractivity contribution in [2.45, 2.75) is 19.4 Å². The van der Waals surface area contributed by atoms with E-state index in [-0.39, 0.29) is 11.8 Å². The van der Waals surface area contributed by atoms with Crippen LogP contribution in [0.4, 0.5) is 0 Å². The molecule has 1 aliphatic rings. The fourth-order valence-electron chi connectivity index (χ4n) is 3.01. The number of nitrogens with zero attached hydrogens (tertiary/aromatic N) is 5. The Labute approximate surface area is 155 Å². The molecule has 1 fully saturated rings. The quantitative estimate of drug-likeness (QED) is 0.705. The number of aromatic amines is 1. The van der Waals surface area contributed by atoms with Crippen molar-refractivity contribution in [2.75, 3.05) is 13.1 Å². The number of carbonyl (C=O) groups is 2. The highest BCUT2D eigenvalue weighted by atomic mass is 16.2. The van der Waals surface area contributed by atoms with Gasteiger partial charge in [-0.3, -0.25) is 9.59 Å². The van der Waals surface area contributed by atoms with Crippen LogP contribution in [0, 0.1) is 0 Å². The molecule has 3 aromatic rings. The second-order valence-electron chi connectivity index (χ2n) is 6.35. The Kier molecular flexibility index (Phi) is 4.65. The minimum Gasteiger partial charge on any atom is -0.356 e. The molecule has 1 saturated heterocycles. The van der Waals surface area contributed by atoms with Crippen molar-refractivity contribution in [1.82, 2.24) is 34.9 Å². The summed E-state index contributed by atoms with van der Waals surface area (Å²) in [5, 5.41) is 6.85. The molecular formula is C18H19N7O2. The molecule has 0 saturated carbocycles. The van der Waals surface area contributed by atoms with Gasteiger partial charge in [0.15, 0.2) is 5.82 Å². The Morgan fingerprint density at radius 3 is 2.78 bits per heavy atom. The summed E-state index contributed by atoms with van der Waals surface area (Å²) < 4.78 is 1.56. The van der Waals surface area contributed by atoms with E-state index in [0.29, 0.717) is 23.6 Å². The molecule has 138 valence electrons. The highest BCUT2D eigenvalue weighted by Gasteiger charge is 2.21. The maximum atomic E-state index is 12.3. The molecule has 0 unspecified atom stereocenters. The molecule has 0 bridgehead atoms. The number of H-pyrrole nitrogens is 1. The molecule has 2 amide bonds. The van der Waals surface area contributed by atoms with Crippen molar-refractivity contribution in [3.8, 4) is 5.82 Å². The molecule has 3 aromatic heterocycles. The van der Waals surface area contributed by atoms with Crippen LogP contribution in [0.2, 0.25) is 0 Å². The van der Waals surface area contributed by atoms with Crippen LogP contribution in [0.1, 0.15) is 39.3 Å². The van der Waals surface area contributed by atoms with Crippen LogP contribution in [0.15, 0.2) is 43.2 Å². The second-order valence-corrected chi connectivity index (χ2v) is 6.35. The first-order chi connectivity index (χ1) is 13.2. The van der Waals surface area contributed by atoms with E-state index in [1.807, 2.05) is 6.07 Å². The molecule has 0 aliphatic carbocycles. The fourth-order valence-corrected chi connectivity index (χ4v) is 3.01. The largest absolute Gasteiger partial charge is 0.356 e. The van der Waals surface area contributed by atoms with Crippen molar-refractivity contribution in [1.29, 1.82) is 0 Å². The van der Waals surface area contributed by atoms with Crippen LogP contribution >= 0.6 is 0 Å². The van der Waals surface area contributed by atoms with E-state index in [9.17, 15) is 9.59 Å². The molecule has 0 radical (unpaired) electrons. The van der Waals surface area contributed by atoms with Gasteiger partial charge >= 0.3 is 0 Å². The van der Waals surface area contributed by atoms with E-state index in [2.05, 4.69) is 25.4 Å². The van der Waals surface area contributed by atoms with Gasteiger partial charge in [0.1, 0.15) is 18.3 Å². The Hall–Kier alpha value is -3.49. The smallest absolute Gasteiger partial charge is 0.270 e. The summed E-state index contributed by atoms with van der Waals surface area (Å²) in [7, 11) is 0. The zero-order valence-corrected chi connectivity index (χ0v) is 14.6. The number of rotatable bonds is 5. The zero-order chi connectivity index (χ0) is 18.6. The summed E-state index contributed by atoms with van der Waals surface area (Å²) in [4.78, 5) is 37.5. The molecule has 0 spiro atoms. The Morgan fingerprint density at radius 2 is 2.07 bits per heavy atom. The number of pyridine rings is 1. The van der Waals surface area contributed by atoms with Gasteiger partial charge in [0.2, 0.25) is 0 Å². The van der Waals surface area contributed by atoms with Gasteiger partial charge in [-0.1, -0.05) is 6.07 Å². The van der Waals surface area contributed by atoms with Gasteiger partial charge in [0.05, 0.1) is 5.56 Å². The minimum absolute atomic E-state index is 0.0561. The van der Waals surface area contributed by atoms with Crippen molar-refractivity contribution in [3.05, 3.63) is 60.1 Å². The minimum atomic E-state index is -0.243. The molecule has 27 heavy (non-hydrogen) atoms. The number of hydrogen-bond acceptors (Lipinski definition) is 5. The van der Waals surface area contributed by atoms with E-state index in [1.54, 1.807) is 40.4 Å². The van der Waals surface area contributed by atoms with E-state index >= 15 is 0 Å². The molecule has 1 aliphatic heterocycles. The lowest BCUT2D eigenvalue weighted by Gasteiger charge is -2.13. The van der Waals surface area contributed by atoms with Crippen LogP contribution in [0.25, 0.3) is 5.82 Å². The van der Waals surface area contributed by atoms with Crippen LogP contribution in [-0.2, 0) is 6.54 Å². The maximum Gasteiger partial charge on any atom is 0.270 e. The predicted molar refractivity (Wildman–Crippen MR) is 96.3 cm³/mol. The SMILES string of the molecule is O=C(NCc1ccc(-n2cncn2)nc1)c1c[nH]c(C(=O)N2CCCC2)c1. The molecule has 9 heteroatoms. The molecule has 4 rings (SSSR count). The summed E-state index contributed by atoms with van der Waals surface area (Å²) in [6, 6.07) is 5.27. The number of nitrogens with one attached hydrogen (secondary N) is 2. The van der Waals surface area contributed by atoms with Gasteiger partial charge in [0, 0.05) is 32.0 Å². The first-order valence-electron chi connectivity index (χ1n) is 8.76. The standard InChI is InChI=1S/C18H19N7O2/c26-17(14-7-15(20-10-14)18(27)24-5-1-2-6-24)22-9-13-3-4-16(21-8-13)25-12-19-11-23-25/h3-4,7-8,10-12,20H,1-2,5-6,9H2,(H,22,26). The normalized spacial score (nSPS) is 13.7. The second kappa shape index (κ2) is 7.40. The molecule has 0 aromatic carbocycles.